The van der Waals surface area contributed by atoms with E-state index in [1.165, 1.54) is 23.3 Å². The van der Waals surface area contributed by atoms with Crippen LogP contribution < -0.4 is 5.32 Å². The summed E-state index contributed by atoms with van der Waals surface area (Å²) in [7, 11) is 0. The topological polar surface area (TPSA) is 134 Å². The van der Waals surface area contributed by atoms with Crippen LogP contribution in [0, 0.1) is 10.1 Å². The van der Waals surface area contributed by atoms with Crippen molar-refractivity contribution < 1.29 is 15.1 Å². The normalized spacial score (nSPS) is 13.4. The first kappa shape index (κ1) is 35.3. The SMILES string of the molecule is O=[N+]([O-])c1ccccc1.Oc1c(-c2nccc3ccccc23)cc(Cl)c2cccnc12.Oc1c(C2NCCc3ccccc32)cc(Cl)c2cccnc12. The van der Waals surface area contributed by atoms with E-state index < -0.39 is 4.92 Å². The van der Waals surface area contributed by atoms with Gasteiger partial charge in [-0.15, -0.1) is 0 Å². The zero-order chi connectivity index (χ0) is 36.9. The largest absolute Gasteiger partial charge is 0.505 e. The van der Waals surface area contributed by atoms with Crippen LogP contribution in [0.2, 0.25) is 10.0 Å². The highest BCUT2D eigenvalue weighted by Gasteiger charge is 2.25. The lowest BCUT2D eigenvalue weighted by Gasteiger charge is -2.28. The number of halogens is 2. The number of hydrogen-bond donors (Lipinski definition) is 3. The molecule has 1 aliphatic heterocycles. The molecule has 1 unspecified atom stereocenters. The summed E-state index contributed by atoms with van der Waals surface area (Å²) in [6.07, 6.45) is 6.03. The van der Waals surface area contributed by atoms with Crippen molar-refractivity contribution in [2.45, 2.75) is 12.5 Å². The average molecular weight is 741 g/mol. The van der Waals surface area contributed by atoms with E-state index in [1.807, 2.05) is 60.7 Å². The predicted octanol–water partition coefficient (Wildman–Crippen LogP) is 10.2. The van der Waals surface area contributed by atoms with E-state index in [0.717, 1.165) is 40.1 Å². The first-order valence-electron chi connectivity index (χ1n) is 16.7. The van der Waals surface area contributed by atoms with Crippen molar-refractivity contribution in [1.82, 2.24) is 20.3 Å². The Hall–Kier alpha value is -6.13. The molecule has 4 heterocycles. The van der Waals surface area contributed by atoms with Crippen molar-refractivity contribution in [3.63, 3.8) is 0 Å². The highest BCUT2D eigenvalue weighted by molar-refractivity contribution is 6.36. The fourth-order valence-corrected chi connectivity index (χ4v) is 6.99. The number of hydrogen-bond acceptors (Lipinski definition) is 8. The molecule has 262 valence electrons. The van der Waals surface area contributed by atoms with E-state index in [4.69, 9.17) is 23.2 Å². The summed E-state index contributed by atoms with van der Waals surface area (Å²) in [6.45, 7) is 0.874. The minimum Gasteiger partial charge on any atom is -0.505 e. The first-order chi connectivity index (χ1) is 25.8. The van der Waals surface area contributed by atoms with Crippen LogP contribution in [0.3, 0.4) is 0 Å². The van der Waals surface area contributed by atoms with Gasteiger partial charge in [0.05, 0.1) is 26.7 Å². The number of rotatable bonds is 3. The maximum Gasteiger partial charge on any atom is 0.269 e. The van der Waals surface area contributed by atoms with Crippen molar-refractivity contribution >= 4 is 61.5 Å². The van der Waals surface area contributed by atoms with E-state index in [2.05, 4.69) is 38.5 Å². The number of nitro groups is 1. The molecule has 0 saturated heterocycles. The number of nitrogens with one attached hydrogen (secondary N) is 1. The molecule has 9 rings (SSSR count). The van der Waals surface area contributed by atoms with Gasteiger partial charge in [0.15, 0.2) is 5.75 Å². The Morgan fingerprint density at radius 2 is 1.28 bits per heavy atom. The fraction of sp³-hybridized carbons (Fsp3) is 0.0714. The van der Waals surface area contributed by atoms with Gasteiger partial charge in [-0.2, -0.15) is 0 Å². The lowest BCUT2D eigenvalue weighted by atomic mass is 9.89. The average Bonchev–Trinajstić information content (AvgIpc) is 3.21. The van der Waals surface area contributed by atoms with Gasteiger partial charge in [-0.1, -0.05) is 89.9 Å². The van der Waals surface area contributed by atoms with Crippen LogP contribution in [0.4, 0.5) is 5.69 Å². The number of para-hydroxylation sites is 1. The molecule has 9 nitrogen and oxygen atoms in total. The number of non-ortho nitro benzene ring substituents is 1. The lowest BCUT2D eigenvalue weighted by Crippen LogP contribution is -2.30. The number of phenolic OH excluding ortho intramolecular Hbond substituents is 2. The fourth-order valence-electron chi connectivity index (χ4n) is 6.46. The molecule has 0 saturated carbocycles. The van der Waals surface area contributed by atoms with Gasteiger partial charge in [0.2, 0.25) is 0 Å². The van der Waals surface area contributed by atoms with Crippen LogP contribution in [-0.4, -0.2) is 36.6 Å². The van der Waals surface area contributed by atoms with Crippen LogP contribution >= 0.6 is 23.2 Å². The van der Waals surface area contributed by atoms with Gasteiger partial charge in [-0.3, -0.25) is 25.1 Å². The van der Waals surface area contributed by atoms with Gasteiger partial charge in [0.1, 0.15) is 16.8 Å². The summed E-state index contributed by atoms with van der Waals surface area (Å²) in [4.78, 5) is 22.6. The molecular formula is C42H31Cl2N5O4. The maximum atomic E-state index is 10.7. The number of pyridine rings is 3. The molecule has 0 spiro atoms. The Balaban J connectivity index is 0.000000134. The summed E-state index contributed by atoms with van der Waals surface area (Å²) in [6, 6.07) is 37.0. The Kier molecular flexibility index (Phi) is 10.4. The summed E-state index contributed by atoms with van der Waals surface area (Å²) < 4.78 is 0. The number of benzene rings is 5. The van der Waals surface area contributed by atoms with Gasteiger partial charge in [-0.25, -0.2) is 0 Å². The predicted molar refractivity (Wildman–Crippen MR) is 211 cm³/mol. The van der Waals surface area contributed by atoms with E-state index in [1.54, 1.807) is 48.9 Å². The number of nitro benzene ring substituents is 1. The summed E-state index contributed by atoms with van der Waals surface area (Å²) >= 11 is 12.8. The molecule has 0 fully saturated rings. The molecule has 5 aromatic carbocycles. The smallest absolute Gasteiger partial charge is 0.269 e. The summed E-state index contributed by atoms with van der Waals surface area (Å²) in [5, 5.41) is 39.5. The Bertz CT molecular complexity index is 2600. The number of nitrogens with zero attached hydrogens (tertiary/aromatic N) is 4. The number of aromatic nitrogens is 3. The van der Waals surface area contributed by atoms with Gasteiger partial charge in [-0.05, 0) is 65.4 Å². The van der Waals surface area contributed by atoms with Crippen molar-refractivity contribution in [3.8, 4) is 22.8 Å². The van der Waals surface area contributed by atoms with Crippen LogP contribution in [0.25, 0.3) is 43.8 Å². The molecular weight excluding hydrogens is 709 g/mol. The van der Waals surface area contributed by atoms with Crippen molar-refractivity contribution in [3.05, 3.63) is 177 Å². The van der Waals surface area contributed by atoms with Crippen molar-refractivity contribution in [2.24, 2.45) is 0 Å². The molecule has 8 aromatic rings. The standard InChI is InChI=1S/C18H15ClN2O.C18H11ClN2O.C6H5NO2/c2*19-15-10-14(18(22)17-13(15)6-3-8-20-17)16-12-5-2-1-4-11(12)7-9-21-16;8-7(9)6-4-2-1-3-5-6/h1-6,8,10,16,21-22H,7,9H2;1-10,22H;1-5H. The third-order valence-corrected chi connectivity index (χ3v) is 9.60. The van der Waals surface area contributed by atoms with E-state index >= 15 is 0 Å². The van der Waals surface area contributed by atoms with Gasteiger partial charge in [0, 0.05) is 64.6 Å². The van der Waals surface area contributed by atoms with Crippen LogP contribution in [0.1, 0.15) is 22.7 Å². The Labute approximate surface area is 314 Å². The molecule has 3 N–H and O–H groups in total. The molecule has 0 radical (unpaired) electrons. The second kappa shape index (κ2) is 15.6. The molecule has 1 aliphatic rings. The molecule has 53 heavy (non-hydrogen) atoms. The highest BCUT2D eigenvalue weighted by Crippen LogP contribution is 2.41. The third-order valence-electron chi connectivity index (χ3n) is 8.98. The minimum absolute atomic E-state index is 0.0612. The van der Waals surface area contributed by atoms with Crippen LogP contribution in [0.15, 0.2) is 140 Å². The van der Waals surface area contributed by atoms with E-state index in [0.29, 0.717) is 32.3 Å². The maximum absolute atomic E-state index is 10.7. The zero-order valence-electron chi connectivity index (χ0n) is 28.0. The lowest BCUT2D eigenvalue weighted by molar-refractivity contribution is -0.384. The number of aromatic hydroxyl groups is 2. The summed E-state index contributed by atoms with van der Waals surface area (Å²) in [5.41, 5.74) is 5.74. The van der Waals surface area contributed by atoms with Gasteiger partial charge in [0.25, 0.3) is 5.69 Å². The van der Waals surface area contributed by atoms with E-state index in [-0.39, 0.29) is 23.2 Å². The second-order valence-electron chi connectivity index (χ2n) is 12.2. The van der Waals surface area contributed by atoms with E-state index in [9.17, 15) is 20.3 Å². The van der Waals surface area contributed by atoms with Gasteiger partial charge < -0.3 is 15.5 Å². The molecule has 0 bridgehead atoms. The van der Waals surface area contributed by atoms with Crippen molar-refractivity contribution in [2.75, 3.05) is 6.54 Å². The second-order valence-corrected chi connectivity index (χ2v) is 13.0. The molecule has 3 aromatic heterocycles. The highest BCUT2D eigenvalue weighted by atomic mass is 35.5. The summed E-state index contributed by atoms with van der Waals surface area (Å²) in [5.74, 6) is 0.304. The third kappa shape index (κ3) is 7.31. The van der Waals surface area contributed by atoms with Crippen LogP contribution in [0.5, 0.6) is 11.5 Å². The number of fused-ring (bicyclic) bond motifs is 4. The first-order valence-corrected chi connectivity index (χ1v) is 17.4. The van der Waals surface area contributed by atoms with Gasteiger partial charge >= 0.3 is 0 Å². The Morgan fingerprint density at radius 3 is 2.00 bits per heavy atom. The monoisotopic (exact) mass is 739 g/mol. The van der Waals surface area contributed by atoms with Crippen molar-refractivity contribution in [1.29, 1.82) is 0 Å². The number of phenols is 2. The Morgan fingerprint density at radius 1 is 0.660 bits per heavy atom. The molecule has 0 aliphatic carbocycles. The zero-order valence-corrected chi connectivity index (χ0v) is 29.5. The molecule has 11 heteroatoms. The minimum atomic E-state index is -0.417. The molecule has 0 amide bonds. The van der Waals surface area contributed by atoms with Crippen LogP contribution in [-0.2, 0) is 6.42 Å². The quantitative estimate of drug-likeness (QED) is 0.120. The molecule has 1 atom stereocenters.